The highest BCUT2D eigenvalue weighted by Crippen LogP contribution is 2.47. The first-order chi connectivity index (χ1) is 14.1. The molecule has 0 saturated heterocycles. The summed E-state index contributed by atoms with van der Waals surface area (Å²) in [7, 11) is 1.66. The Morgan fingerprint density at radius 1 is 1.03 bits per heavy atom. The van der Waals surface area contributed by atoms with Crippen LogP contribution in [0.2, 0.25) is 0 Å². The van der Waals surface area contributed by atoms with E-state index in [1.807, 2.05) is 41.3 Å². The summed E-state index contributed by atoms with van der Waals surface area (Å²) in [5, 5.41) is 0. The van der Waals surface area contributed by atoms with E-state index < -0.39 is 0 Å². The molecule has 2 saturated carbocycles. The van der Waals surface area contributed by atoms with Crippen LogP contribution in [-0.2, 0) is 0 Å². The topological polar surface area (TPSA) is 64.8 Å². The monoisotopic (exact) mass is 392 g/mol. The lowest BCUT2D eigenvalue weighted by Gasteiger charge is -2.27. The van der Waals surface area contributed by atoms with Crippen LogP contribution in [0, 0.1) is 5.92 Å². The molecule has 0 spiro atoms. The van der Waals surface area contributed by atoms with Crippen molar-refractivity contribution in [3.63, 3.8) is 0 Å². The van der Waals surface area contributed by atoms with Crippen LogP contribution in [0.25, 0.3) is 0 Å². The Hall–Kier alpha value is -2.69. The summed E-state index contributed by atoms with van der Waals surface area (Å²) in [6.07, 6.45) is 8.29. The van der Waals surface area contributed by atoms with Crippen molar-refractivity contribution in [1.29, 1.82) is 0 Å². The Labute approximate surface area is 171 Å². The van der Waals surface area contributed by atoms with Crippen LogP contribution >= 0.6 is 0 Å². The van der Waals surface area contributed by atoms with Crippen LogP contribution in [0.4, 0.5) is 11.4 Å². The van der Waals surface area contributed by atoms with Crippen molar-refractivity contribution in [3.05, 3.63) is 47.5 Å². The number of anilines is 2. The van der Waals surface area contributed by atoms with Crippen LogP contribution < -0.4 is 20.1 Å². The second kappa shape index (κ2) is 7.29. The van der Waals surface area contributed by atoms with Crippen molar-refractivity contribution in [2.24, 2.45) is 5.92 Å². The number of nitrogens with two attached hydrogens (primary N) is 1. The summed E-state index contributed by atoms with van der Waals surface area (Å²) in [5.74, 6) is 2.17. The molecule has 5 rings (SSSR count). The Bertz CT molecular complexity index is 932. The van der Waals surface area contributed by atoms with E-state index in [-0.39, 0.29) is 18.1 Å². The lowest BCUT2D eigenvalue weighted by atomic mass is 9.99. The quantitative estimate of drug-likeness (QED) is 0.695. The van der Waals surface area contributed by atoms with Gasteiger partial charge in [0.25, 0.3) is 5.91 Å². The maximum atomic E-state index is 13.4. The molecule has 1 amide bonds. The zero-order chi connectivity index (χ0) is 20.0. The minimum absolute atomic E-state index is 0.0231. The van der Waals surface area contributed by atoms with Crippen molar-refractivity contribution < 1.29 is 14.3 Å². The minimum Gasteiger partial charge on any atom is -0.493 e. The molecule has 0 radical (unpaired) electrons. The zero-order valence-electron chi connectivity index (χ0n) is 16.9. The van der Waals surface area contributed by atoms with E-state index in [2.05, 4.69) is 0 Å². The fourth-order valence-corrected chi connectivity index (χ4v) is 4.75. The van der Waals surface area contributed by atoms with Gasteiger partial charge >= 0.3 is 0 Å². The molecule has 2 N–H and O–H groups in total. The van der Waals surface area contributed by atoms with Gasteiger partial charge in [-0.1, -0.05) is 18.9 Å². The standard InChI is InChI=1S/C24H28N2O3/c1-28-22-11-9-17(14-23(22)29-18-4-2-3-5-18)26-21(12-15-6-7-15)19-10-8-16(25)13-20(19)24(26)27/h8-11,13-15,18,21H,2-7,12,25H2,1H3. The maximum absolute atomic E-state index is 13.4. The van der Waals surface area contributed by atoms with Crippen molar-refractivity contribution in [2.75, 3.05) is 17.7 Å². The first-order valence-corrected chi connectivity index (χ1v) is 10.7. The zero-order valence-corrected chi connectivity index (χ0v) is 16.9. The Kier molecular flexibility index (Phi) is 4.61. The van der Waals surface area contributed by atoms with Crippen LogP contribution in [0.5, 0.6) is 11.5 Å². The number of rotatable bonds is 6. The van der Waals surface area contributed by atoms with E-state index in [1.54, 1.807) is 7.11 Å². The number of carbonyl (C=O) groups is 1. The average Bonchev–Trinajstić information content (AvgIpc) is 3.32. The number of fused-ring (bicyclic) bond motifs is 1. The van der Waals surface area contributed by atoms with Crippen molar-refractivity contribution in [2.45, 2.75) is 57.1 Å². The van der Waals surface area contributed by atoms with E-state index in [9.17, 15) is 4.79 Å². The number of ether oxygens (including phenoxy) is 2. The number of amides is 1. The van der Waals surface area contributed by atoms with Crippen LogP contribution in [-0.4, -0.2) is 19.1 Å². The Morgan fingerprint density at radius 3 is 2.55 bits per heavy atom. The molecule has 5 heteroatoms. The summed E-state index contributed by atoms with van der Waals surface area (Å²) < 4.78 is 11.8. The average molecular weight is 392 g/mol. The number of nitrogens with zero attached hydrogens (tertiary/aromatic N) is 1. The molecule has 3 aliphatic rings. The van der Waals surface area contributed by atoms with Crippen molar-refractivity contribution in [1.82, 2.24) is 0 Å². The van der Waals surface area contributed by atoms with Gasteiger partial charge in [0.2, 0.25) is 0 Å². The van der Waals surface area contributed by atoms with Gasteiger partial charge in [-0.15, -0.1) is 0 Å². The SMILES string of the molecule is COc1ccc(N2C(=O)c3cc(N)ccc3C2CC2CC2)cc1OC1CCCC1. The highest BCUT2D eigenvalue weighted by Gasteiger charge is 2.41. The molecule has 2 aliphatic carbocycles. The molecule has 1 heterocycles. The van der Waals surface area contributed by atoms with Crippen LogP contribution in [0.1, 0.15) is 66.9 Å². The molecule has 2 aromatic carbocycles. The summed E-state index contributed by atoms with van der Waals surface area (Å²) in [6, 6.07) is 11.7. The molecular formula is C24H28N2O3. The normalized spacial score (nSPS) is 21.5. The number of nitrogen functional groups attached to an aromatic ring is 1. The molecule has 5 nitrogen and oxygen atoms in total. The molecule has 1 atom stereocenters. The van der Waals surface area contributed by atoms with Gasteiger partial charge in [0.15, 0.2) is 11.5 Å². The van der Waals surface area contributed by atoms with Gasteiger partial charge in [-0.3, -0.25) is 4.79 Å². The largest absolute Gasteiger partial charge is 0.493 e. The molecule has 2 aromatic rings. The van der Waals surface area contributed by atoms with Gasteiger partial charge in [-0.2, -0.15) is 0 Å². The highest BCUT2D eigenvalue weighted by atomic mass is 16.5. The number of methoxy groups -OCH3 is 1. The predicted octanol–water partition coefficient (Wildman–Crippen LogP) is 5.10. The van der Waals surface area contributed by atoms with E-state index in [4.69, 9.17) is 15.2 Å². The lowest BCUT2D eigenvalue weighted by Crippen LogP contribution is -2.28. The highest BCUT2D eigenvalue weighted by molar-refractivity contribution is 6.11. The third kappa shape index (κ3) is 3.43. The second-order valence-corrected chi connectivity index (χ2v) is 8.58. The molecule has 152 valence electrons. The molecule has 1 unspecified atom stereocenters. The first-order valence-electron chi connectivity index (χ1n) is 10.7. The summed E-state index contributed by atoms with van der Waals surface area (Å²) in [4.78, 5) is 15.3. The molecule has 29 heavy (non-hydrogen) atoms. The van der Waals surface area contributed by atoms with E-state index >= 15 is 0 Å². The van der Waals surface area contributed by atoms with Crippen LogP contribution in [0.15, 0.2) is 36.4 Å². The van der Waals surface area contributed by atoms with E-state index in [0.717, 1.165) is 41.8 Å². The molecule has 1 aliphatic heterocycles. The molecule has 0 aromatic heterocycles. The lowest BCUT2D eigenvalue weighted by molar-refractivity contribution is 0.0990. The van der Waals surface area contributed by atoms with Crippen molar-refractivity contribution >= 4 is 17.3 Å². The summed E-state index contributed by atoms with van der Waals surface area (Å²) >= 11 is 0. The third-order valence-electron chi connectivity index (χ3n) is 6.47. The molecule has 0 bridgehead atoms. The predicted molar refractivity (Wildman–Crippen MR) is 114 cm³/mol. The van der Waals surface area contributed by atoms with Gasteiger partial charge < -0.3 is 20.1 Å². The number of hydrogen-bond donors (Lipinski definition) is 1. The third-order valence-corrected chi connectivity index (χ3v) is 6.47. The fraction of sp³-hybridized carbons (Fsp3) is 0.458. The molecular weight excluding hydrogens is 364 g/mol. The second-order valence-electron chi connectivity index (χ2n) is 8.58. The van der Waals surface area contributed by atoms with Gasteiger partial charge in [0.05, 0.1) is 19.3 Å². The van der Waals surface area contributed by atoms with Gasteiger partial charge in [0, 0.05) is 23.0 Å². The van der Waals surface area contributed by atoms with Gasteiger partial charge in [-0.25, -0.2) is 0 Å². The van der Waals surface area contributed by atoms with Gasteiger partial charge in [0.1, 0.15) is 0 Å². The number of hydrogen-bond acceptors (Lipinski definition) is 4. The fourth-order valence-electron chi connectivity index (χ4n) is 4.75. The first kappa shape index (κ1) is 18.3. The van der Waals surface area contributed by atoms with E-state index in [1.165, 1.54) is 25.7 Å². The summed E-state index contributed by atoms with van der Waals surface area (Å²) in [6.45, 7) is 0. The number of carbonyl (C=O) groups excluding carboxylic acids is 1. The van der Waals surface area contributed by atoms with Gasteiger partial charge in [-0.05, 0) is 67.9 Å². The Balaban J connectivity index is 1.51. The van der Waals surface area contributed by atoms with E-state index in [0.29, 0.717) is 17.4 Å². The van der Waals surface area contributed by atoms with Crippen LogP contribution in [0.3, 0.4) is 0 Å². The van der Waals surface area contributed by atoms with Crippen molar-refractivity contribution in [3.8, 4) is 11.5 Å². The smallest absolute Gasteiger partial charge is 0.259 e. The Morgan fingerprint density at radius 2 is 1.83 bits per heavy atom. The maximum Gasteiger partial charge on any atom is 0.259 e. The molecule has 2 fully saturated rings. The summed E-state index contributed by atoms with van der Waals surface area (Å²) in [5.41, 5.74) is 9.29. The number of benzene rings is 2. The minimum atomic E-state index is 0.0231.